The fourth-order valence-corrected chi connectivity index (χ4v) is 2.46. The van der Waals surface area contributed by atoms with Gasteiger partial charge in [-0.2, -0.15) is 0 Å². The van der Waals surface area contributed by atoms with Crippen LogP contribution in [0.2, 0.25) is 0 Å². The predicted molar refractivity (Wildman–Crippen MR) is 58.9 cm³/mol. The smallest absolute Gasteiger partial charge is 0.309 e. The average molecular weight is 214 g/mol. The number of hydrogen-bond donors (Lipinski definition) is 2. The van der Waals surface area contributed by atoms with Gasteiger partial charge in [0.2, 0.25) is 0 Å². The first-order valence-corrected chi connectivity index (χ1v) is 5.64. The first-order chi connectivity index (χ1) is 7.01. The molecule has 1 rings (SSSR count). The fraction of sp³-hybridized carbons (Fsp3) is 0.909. The summed E-state index contributed by atoms with van der Waals surface area (Å²) in [7, 11) is 0. The highest BCUT2D eigenvalue weighted by molar-refractivity contribution is 5.73. The Labute approximate surface area is 91.5 Å². The molecule has 3 N–H and O–H groups in total. The maximum atomic E-state index is 11.7. The van der Waals surface area contributed by atoms with Gasteiger partial charge in [-0.05, 0) is 31.6 Å². The Hall–Kier alpha value is -0.610. The van der Waals surface area contributed by atoms with E-state index in [-0.39, 0.29) is 17.3 Å². The summed E-state index contributed by atoms with van der Waals surface area (Å²) in [5.74, 6) is 5.40. The molecule has 1 aliphatic rings. The van der Waals surface area contributed by atoms with Crippen LogP contribution in [0.1, 0.15) is 40.0 Å². The van der Waals surface area contributed by atoms with Crippen LogP contribution in [0.15, 0.2) is 0 Å². The molecule has 0 amide bonds. The molecule has 0 aromatic heterocycles. The van der Waals surface area contributed by atoms with Crippen LogP contribution in [0.4, 0.5) is 0 Å². The molecule has 0 aromatic carbocycles. The van der Waals surface area contributed by atoms with Crippen molar-refractivity contribution in [3.8, 4) is 0 Å². The minimum atomic E-state index is -0.0574. The first-order valence-electron chi connectivity index (χ1n) is 5.64. The van der Waals surface area contributed by atoms with Gasteiger partial charge in [0.05, 0.1) is 12.5 Å². The molecule has 0 aromatic rings. The number of rotatable bonds is 3. The summed E-state index contributed by atoms with van der Waals surface area (Å²) in [5.41, 5.74) is 2.77. The molecular weight excluding hydrogens is 192 g/mol. The SMILES string of the molecule is CCOC(=O)[C@H]1CC[C@H](NN)CC1(C)C. The lowest BCUT2D eigenvalue weighted by Crippen LogP contribution is -2.47. The van der Waals surface area contributed by atoms with E-state index >= 15 is 0 Å². The van der Waals surface area contributed by atoms with E-state index in [2.05, 4.69) is 19.3 Å². The van der Waals surface area contributed by atoms with E-state index in [1.54, 1.807) is 0 Å². The third kappa shape index (κ3) is 2.92. The summed E-state index contributed by atoms with van der Waals surface area (Å²) in [6, 6.07) is 0.325. The molecule has 0 radical (unpaired) electrons. The molecule has 0 saturated heterocycles. The molecule has 1 fully saturated rings. The quantitative estimate of drug-likeness (QED) is 0.421. The van der Waals surface area contributed by atoms with Crippen LogP contribution >= 0.6 is 0 Å². The molecule has 0 heterocycles. The van der Waals surface area contributed by atoms with Gasteiger partial charge in [0.1, 0.15) is 0 Å². The summed E-state index contributed by atoms with van der Waals surface area (Å²) in [6.07, 6.45) is 2.73. The van der Waals surface area contributed by atoms with E-state index in [0.717, 1.165) is 19.3 Å². The van der Waals surface area contributed by atoms with Crippen LogP contribution in [0.5, 0.6) is 0 Å². The van der Waals surface area contributed by atoms with E-state index in [4.69, 9.17) is 10.6 Å². The average Bonchev–Trinajstić information content (AvgIpc) is 2.16. The maximum absolute atomic E-state index is 11.7. The summed E-state index contributed by atoms with van der Waals surface area (Å²) >= 11 is 0. The zero-order valence-electron chi connectivity index (χ0n) is 9.88. The van der Waals surface area contributed by atoms with Crippen LogP contribution < -0.4 is 11.3 Å². The second-order valence-corrected chi connectivity index (χ2v) is 4.94. The van der Waals surface area contributed by atoms with Gasteiger partial charge < -0.3 is 4.74 Å². The Balaban J connectivity index is 2.63. The summed E-state index contributed by atoms with van der Waals surface area (Å²) in [6.45, 7) is 6.53. The third-order valence-corrected chi connectivity index (χ3v) is 3.33. The van der Waals surface area contributed by atoms with Crippen LogP contribution in [0, 0.1) is 11.3 Å². The zero-order chi connectivity index (χ0) is 11.5. The van der Waals surface area contributed by atoms with Crippen LogP contribution in [-0.4, -0.2) is 18.6 Å². The Kier molecular flexibility index (Phi) is 4.11. The fourth-order valence-electron chi connectivity index (χ4n) is 2.46. The van der Waals surface area contributed by atoms with Crippen molar-refractivity contribution in [2.45, 2.75) is 46.1 Å². The lowest BCUT2D eigenvalue weighted by Gasteiger charge is -2.40. The molecule has 15 heavy (non-hydrogen) atoms. The van der Waals surface area contributed by atoms with Crippen LogP contribution in [0.3, 0.4) is 0 Å². The molecule has 4 heteroatoms. The molecule has 1 aliphatic carbocycles. The normalized spacial score (nSPS) is 29.9. The molecular formula is C11H22N2O2. The number of nitrogens with one attached hydrogen (secondary N) is 1. The highest BCUT2D eigenvalue weighted by Gasteiger charge is 2.41. The molecule has 0 unspecified atom stereocenters. The topological polar surface area (TPSA) is 64.3 Å². The largest absolute Gasteiger partial charge is 0.466 e. The van der Waals surface area contributed by atoms with Crippen LogP contribution in [0.25, 0.3) is 0 Å². The lowest BCUT2D eigenvalue weighted by molar-refractivity contribution is -0.154. The number of nitrogens with two attached hydrogens (primary N) is 1. The van der Waals surface area contributed by atoms with Crippen molar-refractivity contribution in [1.82, 2.24) is 5.43 Å². The van der Waals surface area contributed by atoms with Crippen molar-refractivity contribution in [2.24, 2.45) is 17.2 Å². The Morgan fingerprint density at radius 2 is 2.20 bits per heavy atom. The highest BCUT2D eigenvalue weighted by atomic mass is 16.5. The van der Waals surface area contributed by atoms with E-state index in [9.17, 15) is 4.79 Å². The van der Waals surface area contributed by atoms with Crippen molar-refractivity contribution in [3.63, 3.8) is 0 Å². The Morgan fingerprint density at radius 3 is 2.67 bits per heavy atom. The standard InChI is InChI=1S/C11H22N2O2/c1-4-15-10(14)9-6-5-8(13-12)7-11(9,2)3/h8-9,13H,4-7,12H2,1-3H3/t8-,9+/m0/s1. The number of carbonyl (C=O) groups excluding carboxylic acids is 1. The Morgan fingerprint density at radius 1 is 1.53 bits per heavy atom. The van der Waals surface area contributed by atoms with Gasteiger partial charge in [-0.15, -0.1) is 0 Å². The number of hydrazine groups is 1. The number of esters is 1. The van der Waals surface area contributed by atoms with E-state index in [0.29, 0.717) is 12.6 Å². The summed E-state index contributed by atoms with van der Waals surface area (Å²) in [5, 5.41) is 0. The Bertz CT molecular complexity index is 229. The molecule has 0 bridgehead atoms. The first kappa shape index (κ1) is 12.5. The van der Waals surface area contributed by atoms with Gasteiger partial charge in [-0.25, -0.2) is 0 Å². The van der Waals surface area contributed by atoms with Crippen molar-refractivity contribution < 1.29 is 9.53 Å². The highest BCUT2D eigenvalue weighted by Crippen LogP contribution is 2.41. The molecule has 4 nitrogen and oxygen atoms in total. The molecule has 0 aliphatic heterocycles. The maximum Gasteiger partial charge on any atom is 0.309 e. The molecule has 88 valence electrons. The summed E-state index contributed by atoms with van der Waals surface area (Å²) in [4.78, 5) is 11.7. The molecule has 2 atom stereocenters. The van der Waals surface area contributed by atoms with Crippen molar-refractivity contribution in [2.75, 3.05) is 6.61 Å². The zero-order valence-corrected chi connectivity index (χ0v) is 9.88. The van der Waals surface area contributed by atoms with E-state index in [1.165, 1.54) is 0 Å². The van der Waals surface area contributed by atoms with Crippen molar-refractivity contribution in [3.05, 3.63) is 0 Å². The third-order valence-electron chi connectivity index (χ3n) is 3.33. The molecule has 0 spiro atoms. The second kappa shape index (κ2) is 4.94. The number of ether oxygens (including phenoxy) is 1. The minimum Gasteiger partial charge on any atom is -0.466 e. The molecule has 1 saturated carbocycles. The van der Waals surface area contributed by atoms with E-state index in [1.807, 2.05) is 6.92 Å². The number of hydrogen-bond acceptors (Lipinski definition) is 4. The van der Waals surface area contributed by atoms with Gasteiger partial charge in [0, 0.05) is 6.04 Å². The minimum absolute atomic E-state index is 0.0158. The lowest BCUT2D eigenvalue weighted by atomic mass is 9.67. The van der Waals surface area contributed by atoms with Gasteiger partial charge >= 0.3 is 5.97 Å². The van der Waals surface area contributed by atoms with Gasteiger partial charge in [-0.1, -0.05) is 13.8 Å². The van der Waals surface area contributed by atoms with Gasteiger partial charge in [0.25, 0.3) is 0 Å². The van der Waals surface area contributed by atoms with Crippen molar-refractivity contribution >= 4 is 5.97 Å². The summed E-state index contributed by atoms with van der Waals surface area (Å²) < 4.78 is 5.10. The second-order valence-electron chi connectivity index (χ2n) is 4.94. The predicted octanol–water partition coefficient (Wildman–Crippen LogP) is 1.21. The van der Waals surface area contributed by atoms with Gasteiger partial charge in [-0.3, -0.25) is 16.1 Å². The number of carbonyl (C=O) groups is 1. The monoisotopic (exact) mass is 214 g/mol. The van der Waals surface area contributed by atoms with Gasteiger partial charge in [0.15, 0.2) is 0 Å². The van der Waals surface area contributed by atoms with Crippen LogP contribution in [-0.2, 0) is 9.53 Å². The van der Waals surface area contributed by atoms with E-state index < -0.39 is 0 Å². The van der Waals surface area contributed by atoms with Crippen molar-refractivity contribution in [1.29, 1.82) is 0 Å².